The average molecular weight is 242 g/mol. The maximum absolute atomic E-state index is 4.79. The second-order valence-electron chi connectivity index (χ2n) is 6.67. The third-order valence-corrected chi connectivity index (χ3v) is 4.41. The fourth-order valence-corrected chi connectivity index (χ4v) is 3.17. The molecule has 0 saturated heterocycles. The van der Waals surface area contributed by atoms with Crippen LogP contribution < -0.4 is 0 Å². The van der Waals surface area contributed by atoms with Gasteiger partial charge in [0.2, 0.25) is 0 Å². The van der Waals surface area contributed by atoms with Gasteiger partial charge < -0.3 is 4.40 Å². The van der Waals surface area contributed by atoms with E-state index in [4.69, 9.17) is 4.98 Å². The Morgan fingerprint density at radius 3 is 2.78 bits per heavy atom. The van der Waals surface area contributed by atoms with Crippen molar-refractivity contribution < 1.29 is 0 Å². The van der Waals surface area contributed by atoms with E-state index in [1.807, 2.05) is 0 Å². The summed E-state index contributed by atoms with van der Waals surface area (Å²) in [5, 5.41) is 0. The standard InChI is InChI=1S/C16H22N2/c1-11-6-5-7-15-17-13-9-8-12(16(2,3)4)10-14(13)18(11)15/h5-7,12H,8-10H2,1-4H3. The number of aryl methyl sites for hydroxylation is 2. The number of nitrogens with zero attached hydrogens (tertiary/aromatic N) is 2. The summed E-state index contributed by atoms with van der Waals surface area (Å²) in [5.74, 6) is 0.768. The Morgan fingerprint density at radius 1 is 1.28 bits per heavy atom. The highest BCUT2D eigenvalue weighted by molar-refractivity contribution is 5.46. The van der Waals surface area contributed by atoms with Crippen LogP contribution in [0, 0.1) is 18.3 Å². The van der Waals surface area contributed by atoms with E-state index >= 15 is 0 Å². The fourth-order valence-electron chi connectivity index (χ4n) is 3.17. The molecule has 0 radical (unpaired) electrons. The van der Waals surface area contributed by atoms with Crippen LogP contribution >= 0.6 is 0 Å². The van der Waals surface area contributed by atoms with E-state index in [-0.39, 0.29) is 0 Å². The first-order chi connectivity index (χ1) is 8.47. The third-order valence-electron chi connectivity index (χ3n) is 4.41. The minimum Gasteiger partial charge on any atom is -0.301 e. The molecule has 0 aromatic carbocycles. The van der Waals surface area contributed by atoms with Crippen LogP contribution in [0.25, 0.3) is 5.65 Å². The predicted octanol–water partition coefficient (Wildman–Crippen LogP) is 3.79. The van der Waals surface area contributed by atoms with Gasteiger partial charge in [0.25, 0.3) is 0 Å². The zero-order chi connectivity index (χ0) is 12.9. The van der Waals surface area contributed by atoms with Crippen LogP contribution in [0.5, 0.6) is 0 Å². The van der Waals surface area contributed by atoms with Gasteiger partial charge in [0.15, 0.2) is 0 Å². The molecule has 2 aromatic heterocycles. The zero-order valence-electron chi connectivity index (χ0n) is 11.8. The average Bonchev–Trinajstić information content (AvgIpc) is 2.66. The van der Waals surface area contributed by atoms with Crippen molar-refractivity contribution in [3.63, 3.8) is 0 Å². The van der Waals surface area contributed by atoms with Crippen molar-refractivity contribution in [2.75, 3.05) is 0 Å². The van der Waals surface area contributed by atoms with Crippen molar-refractivity contribution in [3.8, 4) is 0 Å². The van der Waals surface area contributed by atoms with Crippen molar-refractivity contribution >= 4 is 5.65 Å². The highest BCUT2D eigenvalue weighted by Gasteiger charge is 2.31. The summed E-state index contributed by atoms with van der Waals surface area (Å²) >= 11 is 0. The van der Waals surface area contributed by atoms with E-state index in [2.05, 4.69) is 50.3 Å². The SMILES string of the molecule is Cc1cccc2nc3c(n12)CC(C(C)(C)C)CC3. The number of hydrogen-bond acceptors (Lipinski definition) is 1. The lowest BCUT2D eigenvalue weighted by Gasteiger charge is -2.33. The molecule has 1 aliphatic carbocycles. The number of fused-ring (bicyclic) bond motifs is 3. The van der Waals surface area contributed by atoms with Gasteiger partial charge in [-0.25, -0.2) is 4.98 Å². The lowest BCUT2D eigenvalue weighted by molar-refractivity contribution is 0.213. The van der Waals surface area contributed by atoms with Crippen molar-refractivity contribution in [3.05, 3.63) is 35.3 Å². The lowest BCUT2D eigenvalue weighted by Crippen LogP contribution is -2.27. The van der Waals surface area contributed by atoms with Crippen LogP contribution in [0.2, 0.25) is 0 Å². The Kier molecular flexibility index (Phi) is 2.51. The molecule has 3 rings (SSSR count). The van der Waals surface area contributed by atoms with Crippen molar-refractivity contribution in [2.45, 2.75) is 47.0 Å². The van der Waals surface area contributed by atoms with Gasteiger partial charge in [-0.2, -0.15) is 0 Å². The van der Waals surface area contributed by atoms with Gasteiger partial charge in [-0.3, -0.25) is 0 Å². The van der Waals surface area contributed by atoms with Gasteiger partial charge in [-0.05, 0) is 49.7 Å². The van der Waals surface area contributed by atoms with Gasteiger partial charge in [0, 0.05) is 11.4 Å². The Labute approximate surface area is 109 Å². The van der Waals surface area contributed by atoms with Gasteiger partial charge in [0.1, 0.15) is 5.65 Å². The van der Waals surface area contributed by atoms with Crippen molar-refractivity contribution in [1.29, 1.82) is 0 Å². The molecule has 2 heterocycles. The van der Waals surface area contributed by atoms with E-state index in [1.54, 1.807) is 0 Å². The zero-order valence-corrected chi connectivity index (χ0v) is 11.8. The number of rotatable bonds is 0. The second kappa shape index (κ2) is 3.84. The smallest absolute Gasteiger partial charge is 0.137 e. The summed E-state index contributed by atoms with van der Waals surface area (Å²) < 4.78 is 2.35. The quantitative estimate of drug-likeness (QED) is 0.687. The molecule has 0 aliphatic heterocycles. The molecule has 1 atom stereocenters. The predicted molar refractivity (Wildman–Crippen MR) is 74.9 cm³/mol. The first-order valence-electron chi connectivity index (χ1n) is 6.92. The number of aromatic nitrogens is 2. The summed E-state index contributed by atoms with van der Waals surface area (Å²) in [4.78, 5) is 4.79. The summed E-state index contributed by atoms with van der Waals surface area (Å²) in [7, 11) is 0. The highest BCUT2D eigenvalue weighted by atomic mass is 15.0. The van der Waals surface area contributed by atoms with E-state index in [1.165, 1.54) is 29.9 Å². The van der Waals surface area contributed by atoms with Crippen LogP contribution in [0.4, 0.5) is 0 Å². The van der Waals surface area contributed by atoms with Crippen LogP contribution in [0.3, 0.4) is 0 Å². The van der Waals surface area contributed by atoms with Gasteiger partial charge in [0.05, 0.1) is 5.69 Å². The molecular weight excluding hydrogens is 220 g/mol. The van der Waals surface area contributed by atoms with Crippen LogP contribution in [-0.2, 0) is 12.8 Å². The number of imidazole rings is 1. The molecule has 0 saturated carbocycles. The Bertz CT molecular complexity index is 587. The van der Waals surface area contributed by atoms with Crippen LogP contribution in [0.15, 0.2) is 18.2 Å². The Balaban J connectivity index is 2.12. The van der Waals surface area contributed by atoms with Crippen molar-refractivity contribution in [1.82, 2.24) is 9.38 Å². The monoisotopic (exact) mass is 242 g/mol. The lowest BCUT2D eigenvalue weighted by atomic mass is 9.73. The molecule has 2 nitrogen and oxygen atoms in total. The Hall–Kier alpha value is -1.31. The molecule has 0 fully saturated rings. The fraction of sp³-hybridized carbons (Fsp3) is 0.562. The molecule has 0 N–H and O–H groups in total. The third kappa shape index (κ3) is 1.75. The summed E-state index contributed by atoms with van der Waals surface area (Å²) in [6.07, 6.45) is 3.59. The van der Waals surface area contributed by atoms with Crippen molar-refractivity contribution in [2.24, 2.45) is 11.3 Å². The summed E-state index contributed by atoms with van der Waals surface area (Å²) in [6, 6.07) is 6.40. The van der Waals surface area contributed by atoms with Gasteiger partial charge >= 0.3 is 0 Å². The first-order valence-corrected chi connectivity index (χ1v) is 6.92. The molecule has 96 valence electrons. The molecular formula is C16H22N2. The van der Waals surface area contributed by atoms with E-state index < -0.39 is 0 Å². The molecule has 18 heavy (non-hydrogen) atoms. The molecule has 2 heteroatoms. The first kappa shape index (κ1) is 11.8. The normalized spacial score (nSPS) is 20.1. The largest absolute Gasteiger partial charge is 0.301 e. The highest BCUT2D eigenvalue weighted by Crippen LogP contribution is 2.37. The minimum atomic E-state index is 0.393. The minimum absolute atomic E-state index is 0.393. The summed E-state index contributed by atoms with van der Waals surface area (Å²) in [6.45, 7) is 9.26. The molecule has 0 spiro atoms. The van der Waals surface area contributed by atoms with E-state index in [9.17, 15) is 0 Å². The van der Waals surface area contributed by atoms with Crippen LogP contribution in [-0.4, -0.2) is 9.38 Å². The van der Waals surface area contributed by atoms with E-state index in [0.29, 0.717) is 5.41 Å². The van der Waals surface area contributed by atoms with Crippen LogP contribution in [0.1, 0.15) is 44.3 Å². The molecule has 0 bridgehead atoms. The molecule has 2 aromatic rings. The summed E-state index contributed by atoms with van der Waals surface area (Å²) in [5.41, 5.74) is 5.59. The maximum atomic E-state index is 4.79. The molecule has 1 aliphatic rings. The maximum Gasteiger partial charge on any atom is 0.137 e. The van der Waals surface area contributed by atoms with E-state index in [0.717, 1.165) is 18.0 Å². The molecule has 0 amide bonds. The van der Waals surface area contributed by atoms with Gasteiger partial charge in [-0.1, -0.05) is 26.8 Å². The topological polar surface area (TPSA) is 17.3 Å². The number of hydrogen-bond donors (Lipinski definition) is 0. The van der Waals surface area contributed by atoms with Gasteiger partial charge in [-0.15, -0.1) is 0 Å². The Morgan fingerprint density at radius 2 is 2.06 bits per heavy atom. The number of pyridine rings is 1. The molecule has 1 unspecified atom stereocenters. The second-order valence-corrected chi connectivity index (χ2v) is 6.67.